The molecule has 1 atom stereocenters. The van der Waals surface area contributed by atoms with E-state index in [2.05, 4.69) is 18.3 Å². The normalized spacial score (nSPS) is 18.8. The summed E-state index contributed by atoms with van der Waals surface area (Å²) in [4.78, 5) is 27.6. The Kier molecular flexibility index (Phi) is 5.70. The number of fused-ring (bicyclic) bond motifs is 1. The highest BCUT2D eigenvalue weighted by Gasteiger charge is 2.24. The lowest BCUT2D eigenvalue weighted by Crippen LogP contribution is -2.42. The second kappa shape index (κ2) is 8.40. The van der Waals surface area contributed by atoms with Crippen molar-refractivity contribution >= 4 is 17.5 Å². The summed E-state index contributed by atoms with van der Waals surface area (Å²) in [6.45, 7) is 4.89. The summed E-state index contributed by atoms with van der Waals surface area (Å²) >= 11 is 0. The highest BCUT2D eigenvalue weighted by Crippen LogP contribution is 2.25. The number of carbonyl (C=O) groups is 2. The Morgan fingerprint density at radius 3 is 2.45 bits per heavy atom. The van der Waals surface area contributed by atoms with E-state index >= 15 is 0 Å². The number of nitrogens with one attached hydrogen (secondary N) is 1. The van der Waals surface area contributed by atoms with E-state index in [0.717, 1.165) is 43.5 Å². The van der Waals surface area contributed by atoms with Crippen LogP contribution in [0, 0.1) is 6.92 Å². The minimum absolute atomic E-state index is 0.0906. The highest BCUT2D eigenvalue weighted by molar-refractivity contribution is 6.05. The Morgan fingerprint density at radius 1 is 0.931 bits per heavy atom. The lowest BCUT2D eigenvalue weighted by Gasteiger charge is -2.33. The van der Waals surface area contributed by atoms with Crippen LogP contribution in [0.1, 0.15) is 76.4 Å². The fourth-order valence-electron chi connectivity index (χ4n) is 4.57. The predicted molar refractivity (Wildman–Crippen MR) is 117 cm³/mol. The van der Waals surface area contributed by atoms with E-state index in [1.807, 2.05) is 42.2 Å². The minimum Gasteiger partial charge on any atom is -0.336 e. The van der Waals surface area contributed by atoms with Crippen molar-refractivity contribution in [3.8, 4) is 0 Å². The number of amides is 2. The molecule has 1 unspecified atom stereocenters. The van der Waals surface area contributed by atoms with Crippen molar-refractivity contribution in [2.45, 2.75) is 64.8 Å². The lowest BCUT2D eigenvalue weighted by molar-refractivity contribution is 0.0635. The van der Waals surface area contributed by atoms with Crippen molar-refractivity contribution in [2.75, 3.05) is 11.9 Å². The number of piperidine rings is 1. The Balaban J connectivity index is 1.48. The molecule has 152 valence electrons. The van der Waals surface area contributed by atoms with Gasteiger partial charge < -0.3 is 10.2 Å². The summed E-state index contributed by atoms with van der Waals surface area (Å²) in [7, 11) is 0. The molecule has 2 amide bonds. The van der Waals surface area contributed by atoms with Gasteiger partial charge in [0.15, 0.2) is 0 Å². The maximum absolute atomic E-state index is 12.9. The second-order valence-electron chi connectivity index (χ2n) is 8.52. The van der Waals surface area contributed by atoms with Gasteiger partial charge in [-0.25, -0.2) is 0 Å². The van der Waals surface area contributed by atoms with Crippen molar-refractivity contribution in [3.63, 3.8) is 0 Å². The van der Waals surface area contributed by atoms with Crippen LogP contribution in [0.25, 0.3) is 0 Å². The average Bonchev–Trinajstić information content (AvgIpc) is 2.74. The first kappa shape index (κ1) is 19.7. The minimum atomic E-state index is -0.0924. The molecule has 0 bridgehead atoms. The van der Waals surface area contributed by atoms with Crippen molar-refractivity contribution in [2.24, 2.45) is 0 Å². The van der Waals surface area contributed by atoms with E-state index in [1.165, 1.54) is 30.4 Å². The molecule has 4 rings (SSSR count). The molecule has 0 spiro atoms. The van der Waals surface area contributed by atoms with E-state index in [1.54, 1.807) is 0 Å². The number of benzene rings is 2. The van der Waals surface area contributed by atoms with E-state index in [9.17, 15) is 9.59 Å². The molecular weight excluding hydrogens is 360 g/mol. The molecule has 1 saturated heterocycles. The van der Waals surface area contributed by atoms with E-state index in [4.69, 9.17) is 0 Å². The molecule has 1 aliphatic heterocycles. The predicted octanol–water partition coefficient (Wildman–Crippen LogP) is 5.14. The standard InChI is InChI=1S/C25H30N2O2/c1-17-15-22(25(29)27-14-6-5-7-18(27)2)12-13-23(17)26-24(28)21-11-10-19-8-3-4-9-20(19)16-21/h10-13,15-16,18H,3-9,14H2,1-2H3,(H,26,28). The summed E-state index contributed by atoms with van der Waals surface area (Å²) in [6.07, 6.45) is 7.94. The van der Waals surface area contributed by atoms with Gasteiger partial charge >= 0.3 is 0 Å². The second-order valence-corrected chi connectivity index (χ2v) is 8.52. The van der Waals surface area contributed by atoms with Crippen LogP contribution in [0.2, 0.25) is 0 Å². The topological polar surface area (TPSA) is 49.4 Å². The average molecular weight is 391 g/mol. The van der Waals surface area contributed by atoms with Gasteiger partial charge in [0.1, 0.15) is 0 Å². The summed E-state index contributed by atoms with van der Waals surface area (Å²) in [6, 6.07) is 11.9. The molecule has 2 aromatic rings. The smallest absolute Gasteiger partial charge is 0.255 e. The third-order valence-corrected chi connectivity index (χ3v) is 6.40. The number of aryl methyl sites for hydroxylation is 3. The van der Waals surface area contributed by atoms with Gasteiger partial charge in [0.2, 0.25) is 0 Å². The van der Waals surface area contributed by atoms with Gasteiger partial charge in [0.25, 0.3) is 11.8 Å². The van der Waals surface area contributed by atoms with Gasteiger partial charge in [0.05, 0.1) is 0 Å². The van der Waals surface area contributed by atoms with Crippen molar-refractivity contribution in [1.82, 2.24) is 4.90 Å². The molecule has 1 fully saturated rings. The summed E-state index contributed by atoms with van der Waals surface area (Å²) < 4.78 is 0. The SMILES string of the molecule is Cc1cc(C(=O)N2CCCCC2C)ccc1NC(=O)c1ccc2c(c1)CCCC2. The molecule has 1 aliphatic carbocycles. The first-order chi connectivity index (χ1) is 14.0. The monoisotopic (exact) mass is 390 g/mol. The Morgan fingerprint density at radius 2 is 1.69 bits per heavy atom. The van der Waals surface area contributed by atoms with Crippen LogP contribution in [0.4, 0.5) is 5.69 Å². The number of rotatable bonds is 3. The van der Waals surface area contributed by atoms with Gasteiger partial charge in [-0.05, 0) is 106 Å². The molecule has 0 radical (unpaired) electrons. The molecular formula is C25H30N2O2. The highest BCUT2D eigenvalue weighted by atomic mass is 16.2. The lowest BCUT2D eigenvalue weighted by atomic mass is 9.90. The first-order valence-electron chi connectivity index (χ1n) is 10.9. The van der Waals surface area contributed by atoms with Crippen LogP contribution in [-0.2, 0) is 12.8 Å². The quantitative estimate of drug-likeness (QED) is 0.789. The molecule has 0 saturated carbocycles. The van der Waals surface area contributed by atoms with Crippen molar-refractivity contribution in [3.05, 3.63) is 64.2 Å². The van der Waals surface area contributed by atoms with E-state index in [0.29, 0.717) is 17.2 Å². The third-order valence-electron chi connectivity index (χ3n) is 6.40. The number of likely N-dealkylation sites (tertiary alicyclic amines) is 1. The zero-order valence-electron chi connectivity index (χ0n) is 17.5. The Hall–Kier alpha value is -2.62. The van der Waals surface area contributed by atoms with Gasteiger partial charge in [0, 0.05) is 29.4 Å². The number of hydrogen-bond acceptors (Lipinski definition) is 2. The molecule has 2 aliphatic rings. The molecule has 2 aromatic carbocycles. The van der Waals surface area contributed by atoms with Crippen LogP contribution >= 0.6 is 0 Å². The van der Waals surface area contributed by atoms with Gasteiger partial charge in [-0.3, -0.25) is 9.59 Å². The van der Waals surface area contributed by atoms with Crippen molar-refractivity contribution < 1.29 is 9.59 Å². The summed E-state index contributed by atoms with van der Waals surface area (Å²) in [5, 5.41) is 3.02. The first-order valence-corrected chi connectivity index (χ1v) is 10.9. The number of nitrogens with zero attached hydrogens (tertiary/aromatic N) is 1. The van der Waals surface area contributed by atoms with Crippen LogP contribution in [0.3, 0.4) is 0 Å². The van der Waals surface area contributed by atoms with E-state index in [-0.39, 0.29) is 11.8 Å². The van der Waals surface area contributed by atoms with Gasteiger partial charge in [-0.2, -0.15) is 0 Å². The molecule has 0 aromatic heterocycles. The molecule has 1 N–H and O–H groups in total. The maximum atomic E-state index is 12.9. The third kappa shape index (κ3) is 4.21. The number of anilines is 1. The molecule has 1 heterocycles. The summed E-state index contributed by atoms with van der Waals surface area (Å²) in [5.41, 5.74) is 5.74. The molecule has 4 heteroatoms. The zero-order chi connectivity index (χ0) is 20.4. The fraction of sp³-hybridized carbons (Fsp3) is 0.440. The Labute approximate surface area is 173 Å². The Bertz CT molecular complexity index is 934. The van der Waals surface area contributed by atoms with Crippen LogP contribution in [0.15, 0.2) is 36.4 Å². The fourth-order valence-corrected chi connectivity index (χ4v) is 4.57. The largest absolute Gasteiger partial charge is 0.336 e. The number of carbonyl (C=O) groups excluding carboxylic acids is 2. The van der Waals surface area contributed by atoms with Crippen molar-refractivity contribution in [1.29, 1.82) is 0 Å². The molecule has 4 nitrogen and oxygen atoms in total. The van der Waals surface area contributed by atoms with Gasteiger partial charge in [-0.1, -0.05) is 6.07 Å². The maximum Gasteiger partial charge on any atom is 0.255 e. The molecule has 29 heavy (non-hydrogen) atoms. The number of hydrogen-bond donors (Lipinski definition) is 1. The van der Waals surface area contributed by atoms with Gasteiger partial charge in [-0.15, -0.1) is 0 Å². The van der Waals surface area contributed by atoms with Crippen LogP contribution in [0.5, 0.6) is 0 Å². The van der Waals surface area contributed by atoms with E-state index < -0.39 is 0 Å². The zero-order valence-corrected chi connectivity index (χ0v) is 17.5. The summed E-state index contributed by atoms with van der Waals surface area (Å²) in [5.74, 6) is -0.00179. The van der Waals surface area contributed by atoms with Crippen LogP contribution < -0.4 is 5.32 Å². The van der Waals surface area contributed by atoms with Crippen LogP contribution in [-0.4, -0.2) is 29.3 Å².